The third-order valence-electron chi connectivity index (χ3n) is 5.25. The molecule has 0 saturated carbocycles. The Labute approximate surface area is 166 Å². The van der Waals surface area contributed by atoms with Crippen LogP contribution in [-0.2, 0) is 9.59 Å². The molecule has 5 nitrogen and oxygen atoms in total. The number of carbonyl (C=O) groups excluding carboxylic acids is 2. The number of nitrogens with one attached hydrogen (secondary N) is 1. The average Bonchev–Trinajstić information content (AvgIpc) is 3.07. The Kier molecular flexibility index (Phi) is 6.34. The predicted octanol–water partition coefficient (Wildman–Crippen LogP) is 4.47. The second-order valence-corrected chi connectivity index (χ2v) is 7.34. The molecule has 148 valence electrons. The zero-order chi connectivity index (χ0) is 20.1. The fourth-order valence-corrected chi connectivity index (χ4v) is 3.36. The molecule has 1 aliphatic rings. The predicted molar refractivity (Wildman–Crippen MR) is 112 cm³/mol. The first-order valence-electron chi connectivity index (χ1n) is 9.90. The Balaban J connectivity index is 1.61. The molecule has 1 heterocycles. The molecule has 2 aromatic carbocycles. The van der Waals surface area contributed by atoms with E-state index >= 15 is 0 Å². The van der Waals surface area contributed by atoms with Crippen LogP contribution in [0.1, 0.15) is 37.3 Å². The van der Waals surface area contributed by atoms with Crippen LogP contribution in [0, 0.1) is 19.8 Å². The number of ether oxygens (including phenoxy) is 1. The van der Waals surface area contributed by atoms with E-state index in [0.717, 1.165) is 35.4 Å². The monoisotopic (exact) mass is 380 g/mol. The molecule has 0 bridgehead atoms. The second-order valence-electron chi connectivity index (χ2n) is 7.34. The maximum absolute atomic E-state index is 12.7. The average molecular weight is 380 g/mol. The van der Waals surface area contributed by atoms with Crippen molar-refractivity contribution < 1.29 is 14.3 Å². The third-order valence-corrected chi connectivity index (χ3v) is 5.25. The molecule has 2 amide bonds. The fraction of sp³-hybridized carbons (Fsp3) is 0.391. The van der Waals surface area contributed by atoms with E-state index in [1.807, 2.05) is 56.3 Å². The Hall–Kier alpha value is -2.82. The summed E-state index contributed by atoms with van der Waals surface area (Å²) in [6.07, 6.45) is 2.34. The molecule has 1 N–H and O–H groups in total. The molecule has 5 heteroatoms. The molecule has 0 aliphatic carbocycles. The van der Waals surface area contributed by atoms with Gasteiger partial charge in [0.25, 0.3) is 0 Å². The molecule has 2 aromatic rings. The fourth-order valence-electron chi connectivity index (χ4n) is 3.36. The van der Waals surface area contributed by atoms with Gasteiger partial charge in [0.1, 0.15) is 5.75 Å². The van der Waals surface area contributed by atoms with Crippen LogP contribution in [0.15, 0.2) is 42.5 Å². The highest BCUT2D eigenvalue weighted by molar-refractivity contribution is 6.03. The standard InChI is InChI=1S/C23H28N2O3/c1-4-5-13-28-20-11-9-19(10-12-20)24-23(27)18-14-22(26)25(15-18)21-8-6-7-16(2)17(21)3/h6-12,18H,4-5,13-15H2,1-3H3,(H,24,27)/t18-/m1/s1. The Morgan fingerprint density at radius 1 is 1.18 bits per heavy atom. The van der Waals surface area contributed by atoms with Gasteiger partial charge in [0.2, 0.25) is 11.8 Å². The molecule has 1 saturated heterocycles. The van der Waals surface area contributed by atoms with Crippen LogP contribution in [0.2, 0.25) is 0 Å². The summed E-state index contributed by atoms with van der Waals surface area (Å²) < 4.78 is 5.64. The summed E-state index contributed by atoms with van der Waals surface area (Å²) in [5.74, 6) is 0.311. The first-order chi connectivity index (χ1) is 13.5. The van der Waals surface area contributed by atoms with Crippen molar-refractivity contribution in [2.45, 2.75) is 40.0 Å². The molecule has 3 rings (SSSR count). The second kappa shape index (κ2) is 8.91. The highest BCUT2D eigenvalue weighted by Crippen LogP contribution is 2.30. The lowest BCUT2D eigenvalue weighted by Gasteiger charge is -2.20. The molecular formula is C23H28N2O3. The number of carbonyl (C=O) groups is 2. The lowest BCUT2D eigenvalue weighted by atomic mass is 10.1. The summed E-state index contributed by atoms with van der Waals surface area (Å²) in [7, 11) is 0. The number of hydrogen-bond acceptors (Lipinski definition) is 3. The van der Waals surface area contributed by atoms with E-state index < -0.39 is 0 Å². The van der Waals surface area contributed by atoms with E-state index in [2.05, 4.69) is 12.2 Å². The first-order valence-corrected chi connectivity index (χ1v) is 9.90. The Morgan fingerprint density at radius 3 is 2.64 bits per heavy atom. The molecule has 0 unspecified atom stereocenters. The number of benzene rings is 2. The zero-order valence-electron chi connectivity index (χ0n) is 16.8. The van der Waals surface area contributed by atoms with Crippen molar-refractivity contribution in [3.05, 3.63) is 53.6 Å². The number of anilines is 2. The number of nitrogens with zero attached hydrogens (tertiary/aromatic N) is 1. The normalized spacial score (nSPS) is 16.3. The summed E-state index contributed by atoms with van der Waals surface area (Å²) in [4.78, 5) is 26.9. The molecular weight excluding hydrogens is 352 g/mol. The minimum absolute atomic E-state index is 0.00600. The smallest absolute Gasteiger partial charge is 0.229 e. The van der Waals surface area contributed by atoms with E-state index in [1.54, 1.807) is 4.90 Å². The van der Waals surface area contributed by atoms with Crippen LogP contribution >= 0.6 is 0 Å². The molecule has 0 aromatic heterocycles. The lowest BCUT2D eigenvalue weighted by Crippen LogP contribution is -2.28. The van der Waals surface area contributed by atoms with Crippen molar-refractivity contribution >= 4 is 23.2 Å². The van der Waals surface area contributed by atoms with Crippen LogP contribution < -0.4 is 15.0 Å². The summed E-state index contributed by atoms with van der Waals surface area (Å²) in [6, 6.07) is 13.3. The van der Waals surface area contributed by atoms with E-state index in [-0.39, 0.29) is 24.2 Å². The van der Waals surface area contributed by atoms with Gasteiger partial charge in [-0.2, -0.15) is 0 Å². The maximum atomic E-state index is 12.7. The number of rotatable bonds is 7. The van der Waals surface area contributed by atoms with Gasteiger partial charge in [-0.15, -0.1) is 0 Å². The van der Waals surface area contributed by atoms with Crippen molar-refractivity contribution in [1.82, 2.24) is 0 Å². The largest absolute Gasteiger partial charge is 0.494 e. The van der Waals surface area contributed by atoms with Crippen LogP contribution in [0.25, 0.3) is 0 Å². The Bertz CT molecular complexity index is 845. The topological polar surface area (TPSA) is 58.6 Å². The van der Waals surface area contributed by atoms with Gasteiger partial charge >= 0.3 is 0 Å². The van der Waals surface area contributed by atoms with Crippen LogP contribution in [0.4, 0.5) is 11.4 Å². The van der Waals surface area contributed by atoms with Crippen molar-refractivity contribution in [3.8, 4) is 5.75 Å². The van der Waals surface area contributed by atoms with Gasteiger partial charge in [-0.3, -0.25) is 9.59 Å². The van der Waals surface area contributed by atoms with Crippen molar-refractivity contribution in [2.75, 3.05) is 23.4 Å². The third kappa shape index (κ3) is 4.53. The van der Waals surface area contributed by atoms with Crippen LogP contribution in [0.3, 0.4) is 0 Å². The van der Waals surface area contributed by atoms with Crippen molar-refractivity contribution in [1.29, 1.82) is 0 Å². The highest BCUT2D eigenvalue weighted by Gasteiger charge is 2.35. The molecule has 28 heavy (non-hydrogen) atoms. The number of hydrogen-bond donors (Lipinski definition) is 1. The summed E-state index contributed by atoms with van der Waals surface area (Å²) in [6.45, 7) is 7.26. The van der Waals surface area contributed by atoms with Gasteiger partial charge in [-0.05, 0) is 61.7 Å². The van der Waals surface area contributed by atoms with Gasteiger partial charge in [-0.1, -0.05) is 25.5 Å². The maximum Gasteiger partial charge on any atom is 0.229 e. The van der Waals surface area contributed by atoms with Gasteiger partial charge in [0.15, 0.2) is 0 Å². The minimum atomic E-state index is -0.354. The summed E-state index contributed by atoms with van der Waals surface area (Å²) >= 11 is 0. The highest BCUT2D eigenvalue weighted by atomic mass is 16.5. The van der Waals surface area contributed by atoms with Crippen molar-refractivity contribution in [2.24, 2.45) is 5.92 Å². The lowest BCUT2D eigenvalue weighted by molar-refractivity contribution is -0.122. The molecule has 1 fully saturated rings. The summed E-state index contributed by atoms with van der Waals surface area (Å²) in [5, 5.41) is 2.92. The van der Waals surface area contributed by atoms with E-state index in [9.17, 15) is 9.59 Å². The van der Waals surface area contributed by atoms with E-state index in [4.69, 9.17) is 4.74 Å². The van der Waals surface area contributed by atoms with Crippen LogP contribution in [-0.4, -0.2) is 25.0 Å². The Morgan fingerprint density at radius 2 is 1.93 bits per heavy atom. The van der Waals surface area contributed by atoms with E-state index in [1.165, 1.54) is 0 Å². The number of unbranched alkanes of at least 4 members (excludes halogenated alkanes) is 1. The number of amides is 2. The molecule has 1 atom stereocenters. The van der Waals surface area contributed by atoms with Crippen molar-refractivity contribution in [3.63, 3.8) is 0 Å². The first kappa shape index (κ1) is 19.9. The molecule has 1 aliphatic heterocycles. The number of aryl methyl sites for hydroxylation is 1. The van der Waals surface area contributed by atoms with Gasteiger partial charge < -0.3 is 15.0 Å². The SMILES string of the molecule is CCCCOc1ccc(NC(=O)[C@@H]2CC(=O)N(c3cccc(C)c3C)C2)cc1. The van der Waals surface area contributed by atoms with E-state index in [0.29, 0.717) is 18.8 Å². The minimum Gasteiger partial charge on any atom is -0.494 e. The molecule has 0 spiro atoms. The van der Waals surface area contributed by atoms with Gasteiger partial charge in [0.05, 0.1) is 12.5 Å². The van der Waals surface area contributed by atoms with Crippen LogP contribution in [0.5, 0.6) is 5.75 Å². The molecule has 0 radical (unpaired) electrons. The van der Waals surface area contributed by atoms with Gasteiger partial charge in [-0.25, -0.2) is 0 Å². The quantitative estimate of drug-likeness (QED) is 0.721. The summed E-state index contributed by atoms with van der Waals surface area (Å²) in [5.41, 5.74) is 3.83. The van der Waals surface area contributed by atoms with Gasteiger partial charge in [0, 0.05) is 24.3 Å². The zero-order valence-corrected chi connectivity index (χ0v) is 16.8.